The molecule has 3 aliphatic heterocycles. The van der Waals surface area contributed by atoms with Crippen LogP contribution in [0.4, 0.5) is 4.79 Å². The van der Waals surface area contributed by atoms with Crippen molar-refractivity contribution in [3.8, 4) is 0 Å². The molecule has 0 bridgehead atoms. The quantitative estimate of drug-likeness (QED) is 0.729. The molecule has 18 heavy (non-hydrogen) atoms. The molecule has 6 heteroatoms. The van der Waals surface area contributed by atoms with Crippen LogP contribution in [-0.2, 0) is 9.53 Å². The van der Waals surface area contributed by atoms with E-state index in [-0.39, 0.29) is 5.91 Å². The molecular weight excluding hydrogens is 234 g/mol. The van der Waals surface area contributed by atoms with E-state index >= 15 is 0 Å². The van der Waals surface area contributed by atoms with Crippen molar-refractivity contribution >= 4 is 12.0 Å². The number of carbonyl (C=O) groups is 2. The van der Waals surface area contributed by atoms with Gasteiger partial charge in [0.15, 0.2) is 0 Å². The van der Waals surface area contributed by atoms with Crippen LogP contribution in [0.25, 0.3) is 0 Å². The average molecular weight is 253 g/mol. The van der Waals surface area contributed by atoms with E-state index in [2.05, 4.69) is 10.2 Å². The largest absolute Gasteiger partial charge is 0.447 e. The van der Waals surface area contributed by atoms with Crippen molar-refractivity contribution in [1.82, 2.24) is 15.1 Å². The van der Waals surface area contributed by atoms with Gasteiger partial charge in [0.1, 0.15) is 6.61 Å². The van der Waals surface area contributed by atoms with Gasteiger partial charge >= 0.3 is 6.09 Å². The molecule has 6 nitrogen and oxygen atoms in total. The van der Waals surface area contributed by atoms with Crippen molar-refractivity contribution < 1.29 is 14.3 Å². The molecule has 0 saturated carbocycles. The van der Waals surface area contributed by atoms with Crippen LogP contribution in [-0.4, -0.2) is 67.7 Å². The number of imide groups is 1. The van der Waals surface area contributed by atoms with Gasteiger partial charge in [0.25, 0.3) is 0 Å². The predicted octanol–water partition coefficient (Wildman–Crippen LogP) is -0.349. The van der Waals surface area contributed by atoms with Gasteiger partial charge in [-0.1, -0.05) is 0 Å². The maximum absolute atomic E-state index is 12.0. The molecule has 0 radical (unpaired) electrons. The SMILES string of the molecule is O=C(CN1CCC2(CCNC2)C1)N1CCOC1=O. The third-order valence-corrected chi connectivity index (χ3v) is 4.27. The Hall–Kier alpha value is -1.14. The summed E-state index contributed by atoms with van der Waals surface area (Å²) < 4.78 is 4.78. The summed E-state index contributed by atoms with van der Waals surface area (Å²) in [6, 6.07) is 0. The minimum absolute atomic E-state index is 0.125. The van der Waals surface area contributed by atoms with Crippen molar-refractivity contribution in [2.24, 2.45) is 5.41 Å². The number of rotatable bonds is 2. The number of cyclic esters (lactones) is 1. The number of nitrogens with zero attached hydrogens (tertiary/aromatic N) is 2. The maximum atomic E-state index is 12.0. The average Bonchev–Trinajstić information content (AvgIpc) is 3.03. The third kappa shape index (κ3) is 2.10. The Balaban J connectivity index is 1.54. The van der Waals surface area contributed by atoms with Crippen LogP contribution in [0.5, 0.6) is 0 Å². The Morgan fingerprint density at radius 2 is 2.28 bits per heavy atom. The Morgan fingerprint density at radius 1 is 1.39 bits per heavy atom. The fourth-order valence-electron chi connectivity index (χ4n) is 3.20. The van der Waals surface area contributed by atoms with Gasteiger partial charge < -0.3 is 10.1 Å². The zero-order valence-corrected chi connectivity index (χ0v) is 10.5. The van der Waals surface area contributed by atoms with Crippen LogP contribution in [0, 0.1) is 5.41 Å². The molecule has 100 valence electrons. The molecule has 1 N–H and O–H groups in total. The van der Waals surface area contributed by atoms with Gasteiger partial charge in [-0.2, -0.15) is 0 Å². The summed E-state index contributed by atoms with van der Waals surface area (Å²) in [5.74, 6) is -0.125. The Bertz CT molecular complexity index is 366. The number of nitrogens with one attached hydrogen (secondary N) is 1. The number of hydrogen-bond donors (Lipinski definition) is 1. The molecular formula is C12H19N3O3. The fraction of sp³-hybridized carbons (Fsp3) is 0.833. The molecule has 0 aromatic rings. The first-order valence-corrected chi connectivity index (χ1v) is 6.59. The molecule has 0 aromatic carbocycles. The molecule has 1 atom stereocenters. The fourth-order valence-corrected chi connectivity index (χ4v) is 3.20. The zero-order valence-electron chi connectivity index (χ0n) is 10.5. The van der Waals surface area contributed by atoms with Crippen LogP contribution in [0.15, 0.2) is 0 Å². The highest BCUT2D eigenvalue weighted by atomic mass is 16.6. The topological polar surface area (TPSA) is 61.9 Å². The van der Waals surface area contributed by atoms with Crippen LogP contribution >= 0.6 is 0 Å². The predicted molar refractivity (Wildman–Crippen MR) is 64.0 cm³/mol. The van der Waals surface area contributed by atoms with E-state index in [1.165, 1.54) is 11.3 Å². The Labute approximate surface area is 106 Å². The zero-order chi connectivity index (χ0) is 12.6. The van der Waals surface area contributed by atoms with Gasteiger partial charge in [-0.05, 0) is 31.3 Å². The first-order valence-electron chi connectivity index (χ1n) is 6.59. The minimum atomic E-state index is -0.489. The summed E-state index contributed by atoms with van der Waals surface area (Å²) in [7, 11) is 0. The summed E-state index contributed by atoms with van der Waals surface area (Å²) >= 11 is 0. The van der Waals surface area contributed by atoms with E-state index in [0.29, 0.717) is 25.1 Å². The Kier molecular flexibility index (Phi) is 2.99. The minimum Gasteiger partial charge on any atom is -0.447 e. The lowest BCUT2D eigenvalue weighted by Gasteiger charge is -2.23. The van der Waals surface area contributed by atoms with Crippen LogP contribution < -0.4 is 5.32 Å². The third-order valence-electron chi connectivity index (χ3n) is 4.27. The van der Waals surface area contributed by atoms with Crippen molar-refractivity contribution in [2.75, 3.05) is 45.9 Å². The molecule has 0 aromatic heterocycles. The van der Waals surface area contributed by atoms with Gasteiger partial charge in [0.2, 0.25) is 5.91 Å². The number of carbonyl (C=O) groups excluding carboxylic acids is 2. The van der Waals surface area contributed by atoms with E-state index in [1.807, 2.05) is 0 Å². The van der Waals surface area contributed by atoms with E-state index < -0.39 is 6.09 Å². The van der Waals surface area contributed by atoms with Crippen molar-refractivity contribution in [2.45, 2.75) is 12.8 Å². The molecule has 3 saturated heterocycles. The molecule has 3 rings (SSSR count). The molecule has 3 heterocycles. The van der Waals surface area contributed by atoms with Crippen molar-refractivity contribution in [3.05, 3.63) is 0 Å². The molecule has 0 aliphatic carbocycles. The molecule has 3 fully saturated rings. The van der Waals surface area contributed by atoms with Gasteiger partial charge in [-0.25, -0.2) is 9.69 Å². The summed E-state index contributed by atoms with van der Waals surface area (Å²) in [5, 5.41) is 3.39. The smallest absolute Gasteiger partial charge is 0.416 e. The monoisotopic (exact) mass is 253 g/mol. The number of ether oxygens (including phenoxy) is 1. The highest BCUT2D eigenvalue weighted by molar-refractivity contribution is 5.94. The second kappa shape index (κ2) is 4.51. The van der Waals surface area contributed by atoms with Crippen LogP contribution in [0.3, 0.4) is 0 Å². The highest BCUT2D eigenvalue weighted by Crippen LogP contribution is 2.35. The summed E-state index contributed by atoms with van der Waals surface area (Å²) in [6.45, 7) is 5.14. The van der Waals surface area contributed by atoms with Gasteiger partial charge in [0.05, 0.1) is 13.1 Å². The Morgan fingerprint density at radius 3 is 2.94 bits per heavy atom. The lowest BCUT2D eigenvalue weighted by molar-refractivity contribution is -0.128. The van der Waals surface area contributed by atoms with E-state index in [9.17, 15) is 9.59 Å². The first-order chi connectivity index (χ1) is 8.69. The molecule has 3 aliphatic rings. The van der Waals surface area contributed by atoms with Crippen molar-refractivity contribution in [3.63, 3.8) is 0 Å². The summed E-state index contributed by atoms with van der Waals surface area (Å²) in [6.07, 6.45) is 1.86. The van der Waals surface area contributed by atoms with E-state index in [4.69, 9.17) is 4.74 Å². The van der Waals surface area contributed by atoms with Crippen LogP contribution in [0.1, 0.15) is 12.8 Å². The van der Waals surface area contributed by atoms with Gasteiger partial charge in [-0.3, -0.25) is 9.69 Å². The van der Waals surface area contributed by atoms with Gasteiger partial charge in [0, 0.05) is 13.1 Å². The van der Waals surface area contributed by atoms with E-state index in [0.717, 1.165) is 32.6 Å². The van der Waals surface area contributed by atoms with E-state index in [1.54, 1.807) is 0 Å². The maximum Gasteiger partial charge on any atom is 0.416 e. The number of hydrogen-bond acceptors (Lipinski definition) is 5. The number of amides is 2. The molecule has 2 amide bonds. The summed E-state index contributed by atoms with van der Waals surface area (Å²) in [4.78, 5) is 26.7. The first kappa shape index (κ1) is 11.9. The lowest BCUT2D eigenvalue weighted by atomic mass is 9.87. The number of likely N-dealkylation sites (tertiary alicyclic amines) is 1. The van der Waals surface area contributed by atoms with Crippen molar-refractivity contribution in [1.29, 1.82) is 0 Å². The lowest BCUT2D eigenvalue weighted by Crippen LogP contribution is -2.41. The highest BCUT2D eigenvalue weighted by Gasteiger charge is 2.41. The summed E-state index contributed by atoms with van der Waals surface area (Å²) in [5.41, 5.74) is 0.367. The van der Waals surface area contributed by atoms with Gasteiger partial charge in [-0.15, -0.1) is 0 Å². The normalized spacial score (nSPS) is 32.4. The standard InChI is InChI=1S/C12H19N3O3/c16-10(15-5-6-18-11(15)17)7-14-4-2-12(9-14)1-3-13-8-12/h13H,1-9H2. The molecule has 1 spiro atoms. The molecule has 1 unspecified atom stereocenters. The second-order valence-electron chi connectivity index (χ2n) is 5.55. The second-order valence-corrected chi connectivity index (χ2v) is 5.55. The van der Waals surface area contributed by atoms with Crippen LogP contribution in [0.2, 0.25) is 0 Å².